The van der Waals surface area contributed by atoms with Crippen molar-refractivity contribution in [2.75, 3.05) is 27.4 Å². The fourth-order valence-electron chi connectivity index (χ4n) is 7.99. The lowest BCUT2D eigenvalue weighted by Crippen LogP contribution is -2.38. The van der Waals surface area contributed by atoms with Crippen LogP contribution in [-0.2, 0) is 24.5 Å². The number of H-pyrrole nitrogens is 2. The maximum atomic E-state index is 13.1. The number of ether oxygens (including phenoxy) is 6. The van der Waals surface area contributed by atoms with Gasteiger partial charge in [0.1, 0.15) is 24.2 Å². The van der Waals surface area contributed by atoms with E-state index < -0.39 is 71.1 Å². The van der Waals surface area contributed by atoms with Crippen LogP contribution in [0.5, 0.6) is 11.5 Å². The Kier molecular flexibility index (Phi) is 12.5. The molecule has 4 N–H and O–H groups in total. The summed E-state index contributed by atoms with van der Waals surface area (Å²) < 4.78 is 39.8. The molecule has 0 saturated carbocycles. The van der Waals surface area contributed by atoms with Crippen molar-refractivity contribution in [2.45, 2.75) is 75.8 Å². The molecule has 0 radical (unpaired) electrons. The molecule has 0 aliphatic carbocycles. The molecule has 0 bridgehead atoms. The zero-order valence-electron chi connectivity index (χ0n) is 33.1. The monoisotopic (exact) mass is 812 g/mol. The first-order chi connectivity index (χ1) is 28.4. The summed E-state index contributed by atoms with van der Waals surface area (Å²) in [4.78, 5) is 54.3. The highest BCUT2D eigenvalue weighted by atomic mass is 16.7. The van der Waals surface area contributed by atoms with Crippen LogP contribution in [0.25, 0.3) is 0 Å². The minimum absolute atomic E-state index is 0.0136. The van der Waals surface area contributed by atoms with Crippen LogP contribution in [0.1, 0.15) is 59.5 Å². The van der Waals surface area contributed by atoms with E-state index in [2.05, 4.69) is 9.97 Å². The quantitative estimate of drug-likeness (QED) is 0.113. The molecule has 3 aromatic carbocycles. The molecule has 4 unspecified atom stereocenters. The second-order valence-corrected chi connectivity index (χ2v) is 14.8. The molecular weight excluding hydrogens is 764 g/mol. The number of aromatic amines is 2. The number of nitrogens with zero attached hydrogens (tertiary/aromatic N) is 2. The van der Waals surface area contributed by atoms with Gasteiger partial charge in [-0.05, 0) is 49.8 Å². The van der Waals surface area contributed by atoms with Crippen molar-refractivity contribution in [3.8, 4) is 11.5 Å². The molecule has 16 heteroatoms. The van der Waals surface area contributed by atoms with Gasteiger partial charge in [0.05, 0.1) is 39.6 Å². The maximum absolute atomic E-state index is 13.1. The second kappa shape index (κ2) is 17.7. The van der Waals surface area contributed by atoms with Crippen LogP contribution in [0.15, 0.2) is 110 Å². The Morgan fingerprint density at radius 2 is 1.36 bits per heavy atom. The molecule has 7 rings (SSSR count). The summed E-state index contributed by atoms with van der Waals surface area (Å²) in [5.74, 6) is 0.546. The number of rotatable bonds is 15. The summed E-state index contributed by atoms with van der Waals surface area (Å²) in [7, 11) is 3.13. The minimum Gasteiger partial charge on any atom is -0.493 e. The predicted molar refractivity (Wildman–Crippen MR) is 214 cm³/mol. The van der Waals surface area contributed by atoms with Crippen molar-refractivity contribution in [3.05, 3.63) is 161 Å². The fourth-order valence-corrected chi connectivity index (χ4v) is 7.99. The number of aromatic nitrogens is 4. The van der Waals surface area contributed by atoms with E-state index in [1.54, 1.807) is 34.1 Å². The summed E-state index contributed by atoms with van der Waals surface area (Å²) in [6, 6.07) is 24.9. The van der Waals surface area contributed by atoms with Crippen LogP contribution >= 0.6 is 0 Å². The number of methoxy groups -OCH3 is 2. The average Bonchev–Trinajstić information content (AvgIpc) is 3.82. The van der Waals surface area contributed by atoms with Crippen molar-refractivity contribution >= 4 is 0 Å². The molecule has 2 saturated heterocycles. The zero-order valence-corrected chi connectivity index (χ0v) is 33.1. The van der Waals surface area contributed by atoms with Crippen LogP contribution in [0.2, 0.25) is 0 Å². The van der Waals surface area contributed by atoms with Gasteiger partial charge in [-0.25, -0.2) is 9.59 Å². The molecule has 7 atom stereocenters. The predicted octanol–water partition coefficient (Wildman–Crippen LogP) is 3.01. The lowest BCUT2D eigenvalue weighted by molar-refractivity contribution is -0.189. The second-order valence-electron chi connectivity index (χ2n) is 14.8. The van der Waals surface area contributed by atoms with E-state index in [1.807, 2.05) is 72.8 Å². The molecule has 16 nitrogen and oxygen atoms in total. The number of hydrogen-bond acceptors (Lipinski definition) is 12. The Labute approximate surface area is 338 Å². The highest BCUT2D eigenvalue weighted by Gasteiger charge is 2.45. The Morgan fingerprint density at radius 3 is 1.92 bits per heavy atom. The summed E-state index contributed by atoms with van der Waals surface area (Å²) in [5.41, 5.74) is -0.770. The molecule has 312 valence electrons. The van der Waals surface area contributed by atoms with Crippen LogP contribution in [0.3, 0.4) is 0 Å². The Morgan fingerprint density at radius 1 is 0.780 bits per heavy atom. The highest BCUT2D eigenvalue weighted by Crippen LogP contribution is 2.48. The van der Waals surface area contributed by atoms with Crippen molar-refractivity contribution < 1.29 is 38.6 Å². The van der Waals surface area contributed by atoms with E-state index in [9.17, 15) is 29.4 Å². The van der Waals surface area contributed by atoms with Gasteiger partial charge in [-0.3, -0.25) is 28.7 Å². The summed E-state index contributed by atoms with van der Waals surface area (Å²) in [5, 5.41) is 22.2. The Hall–Kier alpha value is -5.62. The van der Waals surface area contributed by atoms with Gasteiger partial charge in [0.15, 0.2) is 17.8 Å². The normalized spacial score (nSPS) is 22.3. The SMILES string of the molecule is COc1cccc(C(OC[C@H]2O[C@@H](n3cc(C)c(=O)[nH]c3=O)C[C@@H]2CC(O)COC2OC(n3cc(C)c(=O)[nH]c3=O)CC2O)(c2ccccc2)c2ccccc2)c1OC. The first kappa shape index (κ1) is 41.5. The topological polar surface area (TPSA) is 206 Å². The van der Waals surface area contributed by atoms with Gasteiger partial charge in [-0.2, -0.15) is 0 Å². The van der Waals surface area contributed by atoms with E-state index in [0.29, 0.717) is 28.2 Å². The highest BCUT2D eigenvalue weighted by molar-refractivity contribution is 5.57. The van der Waals surface area contributed by atoms with Gasteiger partial charge in [0.2, 0.25) is 0 Å². The van der Waals surface area contributed by atoms with Crippen molar-refractivity contribution in [1.29, 1.82) is 0 Å². The van der Waals surface area contributed by atoms with Gasteiger partial charge in [0.25, 0.3) is 11.1 Å². The third kappa shape index (κ3) is 8.46. The molecule has 5 aromatic rings. The van der Waals surface area contributed by atoms with E-state index in [0.717, 1.165) is 11.1 Å². The van der Waals surface area contributed by atoms with E-state index in [-0.39, 0.29) is 32.5 Å². The lowest BCUT2D eigenvalue weighted by atomic mass is 9.79. The number of benzene rings is 3. The fraction of sp³-hybridized carbons (Fsp3) is 0.395. The third-order valence-electron chi connectivity index (χ3n) is 11.0. The van der Waals surface area contributed by atoms with E-state index in [1.165, 1.54) is 21.5 Å². The van der Waals surface area contributed by atoms with Crippen molar-refractivity contribution in [2.24, 2.45) is 5.92 Å². The molecule has 0 spiro atoms. The van der Waals surface area contributed by atoms with Crippen LogP contribution in [0.4, 0.5) is 0 Å². The maximum Gasteiger partial charge on any atom is 0.330 e. The number of para-hydroxylation sites is 1. The van der Waals surface area contributed by atoms with Crippen LogP contribution in [0, 0.1) is 19.8 Å². The molecule has 2 aliphatic rings. The largest absolute Gasteiger partial charge is 0.493 e. The van der Waals surface area contributed by atoms with E-state index >= 15 is 0 Å². The van der Waals surface area contributed by atoms with Gasteiger partial charge in [-0.15, -0.1) is 0 Å². The van der Waals surface area contributed by atoms with Gasteiger partial charge < -0.3 is 38.6 Å². The number of aryl methyl sites for hydroxylation is 2. The zero-order chi connectivity index (χ0) is 41.8. The summed E-state index contributed by atoms with van der Waals surface area (Å²) in [6.45, 7) is 2.86. The molecular formula is C43H48N4O12. The minimum atomic E-state index is -1.28. The third-order valence-corrected chi connectivity index (χ3v) is 11.0. The average molecular weight is 813 g/mol. The number of hydrogen-bond donors (Lipinski definition) is 4. The lowest BCUT2D eigenvalue weighted by Gasteiger charge is -2.38. The smallest absolute Gasteiger partial charge is 0.330 e. The number of aliphatic hydroxyl groups excluding tert-OH is 2. The first-order valence-corrected chi connectivity index (χ1v) is 19.3. The standard InChI is InChI=1S/C43H48N4O12/c1-25-21-46(41(52)44-38(25)50)35-19-27(18-30(48)23-56-40-32(49)20-36(59-40)47-22-26(2)39(51)45-42(47)53)34(58-35)24-57-43(28-12-7-5-8-13-28,29-14-9-6-10-15-29)31-16-11-17-33(54-3)37(31)55-4/h5-17,21-22,27,30,32,34-36,40,48-49H,18-20,23-24H2,1-4H3,(H,44,50,52)(H,45,51,53)/t27-,30?,32?,34+,35+,36?,40?/m0/s1. The molecule has 2 fully saturated rings. The summed E-state index contributed by atoms with van der Waals surface area (Å²) in [6.07, 6.45) is -2.61. The van der Waals surface area contributed by atoms with Crippen LogP contribution < -0.4 is 32.0 Å². The molecule has 2 aliphatic heterocycles. The number of aliphatic hydroxyl groups is 2. The Bertz CT molecular complexity index is 2430. The first-order valence-electron chi connectivity index (χ1n) is 19.3. The molecule has 0 amide bonds. The molecule has 59 heavy (non-hydrogen) atoms. The van der Waals surface area contributed by atoms with Gasteiger partial charge in [0, 0.05) is 35.5 Å². The number of nitrogens with one attached hydrogen (secondary N) is 2. The van der Waals surface area contributed by atoms with Crippen LogP contribution in [-0.4, -0.2) is 81.4 Å². The van der Waals surface area contributed by atoms with E-state index in [4.69, 9.17) is 28.4 Å². The molecule has 4 heterocycles. The molecule has 2 aromatic heterocycles. The van der Waals surface area contributed by atoms with Crippen molar-refractivity contribution in [3.63, 3.8) is 0 Å². The Balaban J connectivity index is 1.18. The van der Waals surface area contributed by atoms with Gasteiger partial charge >= 0.3 is 11.4 Å². The van der Waals surface area contributed by atoms with Gasteiger partial charge in [-0.1, -0.05) is 72.8 Å². The summed E-state index contributed by atoms with van der Waals surface area (Å²) >= 11 is 0. The van der Waals surface area contributed by atoms with Crippen molar-refractivity contribution in [1.82, 2.24) is 19.1 Å².